The van der Waals surface area contributed by atoms with E-state index in [0.29, 0.717) is 29.6 Å². The SMILES string of the molecule is FC(F)(F)c1ccc(Oc2ccc(CCNc3ncnc4scc(Cl)c34)cc2)nc1Cl. The van der Waals surface area contributed by atoms with E-state index in [2.05, 4.69) is 20.3 Å². The molecule has 3 heterocycles. The van der Waals surface area contributed by atoms with Gasteiger partial charge in [-0.15, -0.1) is 11.3 Å². The van der Waals surface area contributed by atoms with E-state index in [4.69, 9.17) is 27.9 Å². The molecule has 1 N–H and O–H groups in total. The molecule has 0 amide bonds. The molecule has 0 spiro atoms. The lowest BCUT2D eigenvalue weighted by atomic mass is 10.1. The summed E-state index contributed by atoms with van der Waals surface area (Å²) in [6.45, 7) is 0.620. The number of benzene rings is 1. The number of hydrogen-bond donors (Lipinski definition) is 1. The van der Waals surface area contributed by atoms with Crippen molar-refractivity contribution in [3.05, 3.63) is 69.4 Å². The number of ether oxygens (including phenoxy) is 1. The fourth-order valence-electron chi connectivity index (χ4n) is 2.83. The van der Waals surface area contributed by atoms with Gasteiger partial charge in [-0.1, -0.05) is 35.3 Å². The van der Waals surface area contributed by atoms with E-state index in [-0.39, 0.29) is 5.88 Å². The van der Waals surface area contributed by atoms with Crippen LogP contribution in [0.4, 0.5) is 19.0 Å². The van der Waals surface area contributed by atoms with Crippen molar-refractivity contribution in [3.63, 3.8) is 0 Å². The fraction of sp³-hybridized carbons (Fsp3) is 0.150. The lowest BCUT2D eigenvalue weighted by molar-refractivity contribution is -0.137. The summed E-state index contributed by atoms with van der Waals surface area (Å²) in [4.78, 5) is 12.9. The summed E-state index contributed by atoms with van der Waals surface area (Å²) in [6, 6.07) is 9.10. The third-order valence-corrected chi connectivity index (χ3v) is 5.91. The topological polar surface area (TPSA) is 59.9 Å². The fourth-order valence-corrected chi connectivity index (χ4v) is 4.22. The Kier molecular flexibility index (Phi) is 6.17. The number of alkyl halides is 3. The lowest BCUT2D eigenvalue weighted by Crippen LogP contribution is -2.07. The minimum Gasteiger partial charge on any atom is -0.439 e. The number of nitrogens with zero attached hydrogens (tertiary/aromatic N) is 3. The number of pyridine rings is 1. The maximum atomic E-state index is 12.8. The molecule has 1 aromatic carbocycles. The Balaban J connectivity index is 1.36. The highest BCUT2D eigenvalue weighted by molar-refractivity contribution is 7.17. The summed E-state index contributed by atoms with van der Waals surface area (Å²) in [6.07, 6.45) is -2.37. The van der Waals surface area contributed by atoms with Gasteiger partial charge in [-0.25, -0.2) is 15.0 Å². The molecule has 3 aromatic heterocycles. The van der Waals surface area contributed by atoms with Crippen LogP contribution >= 0.6 is 34.5 Å². The molecule has 0 aliphatic rings. The molecule has 0 unspecified atom stereocenters. The van der Waals surface area contributed by atoms with Crippen LogP contribution in [0, 0.1) is 0 Å². The second kappa shape index (κ2) is 8.86. The van der Waals surface area contributed by atoms with Gasteiger partial charge >= 0.3 is 6.18 Å². The molecule has 0 aliphatic carbocycles. The number of hydrogen-bond acceptors (Lipinski definition) is 6. The summed E-state index contributed by atoms with van der Waals surface area (Å²) in [7, 11) is 0. The molecule has 0 saturated heterocycles. The smallest absolute Gasteiger partial charge is 0.419 e. The zero-order valence-corrected chi connectivity index (χ0v) is 17.9. The summed E-state index contributed by atoms with van der Waals surface area (Å²) < 4.78 is 43.8. The molecule has 160 valence electrons. The minimum absolute atomic E-state index is 0.0205. The first-order chi connectivity index (χ1) is 14.8. The number of aromatic nitrogens is 3. The standard InChI is InChI=1S/C20H13Cl2F3N4OS/c21-14-9-31-19-16(14)18(27-10-28-19)26-8-7-11-1-3-12(4-2-11)30-15-6-5-13(17(22)29-15)20(23,24)25/h1-6,9-10H,7-8H2,(H,26,27,28). The number of halogens is 5. The van der Waals surface area contributed by atoms with Crippen LogP contribution in [0.3, 0.4) is 0 Å². The highest BCUT2D eigenvalue weighted by Crippen LogP contribution is 2.35. The van der Waals surface area contributed by atoms with Crippen LogP contribution in [0.2, 0.25) is 10.2 Å². The van der Waals surface area contributed by atoms with Gasteiger partial charge in [0.05, 0.1) is 16.0 Å². The van der Waals surface area contributed by atoms with Gasteiger partial charge in [0.15, 0.2) is 0 Å². The van der Waals surface area contributed by atoms with Gasteiger partial charge < -0.3 is 10.1 Å². The van der Waals surface area contributed by atoms with Crippen LogP contribution in [0.1, 0.15) is 11.1 Å². The number of nitrogens with one attached hydrogen (secondary N) is 1. The Morgan fingerprint density at radius 1 is 1.03 bits per heavy atom. The molecule has 4 rings (SSSR count). The van der Waals surface area contributed by atoms with Crippen LogP contribution < -0.4 is 10.1 Å². The molecule has 5 nitrogen and oxygen atoms in total. The molecule has 4 aromatic rings. The molecule has 0 radical (unpaired) electrons. The molecule has 0 fully saturated rings. The summed E-state index contributed by atoms with van der Waals surface area (Å²) in [5.41, 5.74) is 0.0223. The maximum Gasteiger partial charge on any atom is 0.419 e. The Labute approximate surface area is 188 Å². The lowest BCUT2D eigenvalue weighted by Gasteiger charge is -2.11. The molecule has 31 heavy (non-hydrogen) atoms. The van der Waals surface area contributed by atoms with Gasteiger partial charge in [0.2, 0.25) is 5.88 Å². The molecule has 0 bridgehead atoms. The van der Waals surface area contributed by atoms with Gasteiger partial charge in [-0.05, 0) is 30.2 Å². The van der Waals surface area contributed by atoms with E-state index in [9.17, 15) is 13.2 Å². The zero-order valence-electron chi connectivity index (χ0n) is 15.6. The predicted molar refractivity (Wildman–Crippen MR) is 115 cm³/mol. The van der Waals surface area contributed by atoms with Gasteiger partial charge in [0.25, 0.3) is 0 Å². The number of anilines is 1. The molecule has 0 atom stereocenters. The summed E-state index contributed by atoms with van der Waals surface area (Å²) in [5.74, 6) is 1.09. The highest BCUT2D eigenvalue weighted by atomic mass is 35.5. The van der Waals surface area contributed by atoms with Crippen LogP contribution in [0.25, 0.3) is 10.2 Å². The van der Waals surface area contributed by atoms with Crippen molar-refractivity contribution < 1.29 is 17.9 Å². The Morgan fingerprint density at radius 2 is 1.81 bits per heavy atom. The van der Waals surface area contributed by atoms with Crippen molar-refractivity contribution in [1.29, 1.82) is 0 Å². The van der Waals surface area contributed by atoms with E-state index >= 15 is 0 Å². The number of rotatable bonds is 6. The van der Waals surface area contributed by atoms with Crippen molar-refractivity contribution in [3.8, 4) is 11.6 Å². The third kappa shape index (κ3) is 5.00. The first-order valence-corrected chi connectivity index (χ1v) is 10.6. The van der Waals surface area contributed by atoms with Crippen molar-refractivity contribution in [2.24, 2.45) is 0 Å². The van der Waals surface area contributed by atoms with Crippen molar-refractivity contribution in [1.82, 2.24) is 15.0 Å². The molecule has 11 heteroatoms. The Morgan fingerprint density at radius 3 is 2.52 bits per heavy atom. The second-order valence-electron chi connectivity index (χ2n) is 6.39. The molecule has 0 saturated carbocycles. The summed E-state index contributed by atoms with van der Waals surface area (Å²) in [5, 5.41) is 5.85. The van der Waals surface area contributed by atoms with Gasteiger partial charge in [0.1, 0.15) is 27.9 Å². The average Bonchev–Trinajstić information content (AvgIpc) is 3.10. The van der Waals surface area contributed by atoms with Crippen LogP contribution in [-0.4, -0.2) is 21.5 Å². The van der Waals surface area contributed by atoms with Crippen LogP contribution in [0.15, 0.2) is 48.1 Å². The molecule has 0 aliphatic heterocycles. The number of thiophene rings is 1. The second-order valence-corrected chi connectivity index (χ2v) is 8.02. The zero-order chi connectivity index (χ0) is 22.0. The van der Waals surface area contributed by atoms with E-state index in [1.54, 1.807) is 12.1 Å². The van der Waals surface area contributed by atoms with Gasteiger partial charge in [-0.3, -0.25) is 0 Å². The maximum absolute atomic E-state index is 12.8. The minimum atomic E-state index is -4.56. The van der Waals surface area contributed by atoms with Gasteiger partial charge in [-0.2, -0.15) is 13.2 Å². The van der Waals surface area contributed by atoms with E-state index in [1.807, 2.05) is 17.5 Å². The normalized spacial score (nSPS) is 11.6. The number of fused-ring (bicyclic) bond motifs is 1. The van der Waals surface area contributed by atoms with Crippen molar-refractivity contribution in [2.75, 3.05) is 11.9 Å². The van der Waals surface area contributed by atoms with Crippen molar-refractivity contribution in [2.45, 2.75) is 12.6 Å². The Hall–Kier alpha value is -2.62. The van der Waals surface area contributed by atoms with Crippen LogP contribution in [0.5, 0.6) is 11.6 Å². The first kappa shape index (κ1) is 21.6. The predicted octanol–water partition coefficient (Wildman–Crippen LogP) is 6.86. The Bertz CT molecular complexity index is 1220. The quantitative estimate of drug-likeness (QED) is 0.303. The van der Waals surface area contributed by atoms with Crippen LogP contribution in [-0.2, 0) is 12.6 Å². The van der Waals surface area contributed by atoms with E-state index < -0.39 is 16.9 Å². The largest absolute Gasteiger partial charge is 0.439 e. The monoisotopic (exact) mass is 484 g/mol. The third-order valence-electron chi connectivity index (χ3n) is 4.31. The van der Waals surface area contributed by atoms with E-state index in [1.165, 1.54) is 17.7 Å². The molecular formula is C20H13Cl2F3N4OS. The van der Waals surface area contributed by atoms with Gasteiger partial charge in [0, 0.05) is 18.0 Å². The first-order valence-electron chi connectivity index (χ1n) is 8.93. The van der Waals surface area contributed by atoms with E-state index in [0.717, 1.165) is 27.9 Å². The van der Waals surface area contributed by atoms with Crippen molar-refractivity contribution >= 4 is 50.6 Å². The average molecular weight is 485 g/mol. The highest BCUT2D eigenvalue weighted by Gasteiger charge is 2.34. The summed E-state index contributed by atoms with van der Waals surface area (Å²) >= 11 is 13.3. The molecular weight excluding hydrogens is 472 g/mol.